The molecule has 3 aromatic rings. The summed E-state index contributed by atoms with van der Waals surface area (Å²) in [4.78, 5) is 32.7. The van der Waals surface area contributed by atoms with Crippen LogP contribution in [0.15, 0.2) is 48.5 Å². The summed E-state index contributed by atoms with van der Waals surface area (Å²) in [5.41, 5.74) is 4.08. The van der Waals surface area contributed by atoms with Gasteiger partial charge in [-0.3, -0.25) is 9.59 Å². The first-order valence-corrected chi connectivity index (χ1v) is 14.3. The van der Waals surface area contributed by atoms with E-state index in [-0.39, 0.29) is 35.3 Å². The molecule has 0 saturated heterocycles. The number of ether oxygens (including phenoxy) is 2. The molecule has 2 aromatic carbocycles. The lowest BCUT2D eigenvalue weighted by atomic mass is 9.84. The first-order chi connectivity index (χ1) is 19.7. The molecule has 0 aliphatic heterocycles. The van der Waals surface area contributed by atoms with Gasteiger partial charge in [-0.2, -0.15) is 0 Å². The first-order valence-electron chi connectivity index (χ1n) is 13.9. The van der Waals surface area contributed by atoms with Crippen LogP contribution in [-0.4, -0.2) is 67.3 Å². The van der Waals surface area contributed by atoms with Crippen molar-refractivity contribution in [3.63, 3.8) is 0 Å². The summed E-state index contributed by atoms with van der Waals surface area (Å²) in [6.07, 6.45) is 4.07. The van der Waals surface area contributed by atoms with E-state index in [0.29, 0.717) is 35.9 Å². The average Bonchev–Trinajstić information content (AvgIpc) is 2.96. The molecule has 1 aliphatic carbocycles. The Balaban J connectivity index is 1.70. The van der Waals surface area contributed by atoms with Gasteiger partial charge in [-0.05, 0) is 87.8 Å². The summed E-state index contributed by atoms with van der Waals surface area (Å²) < 4.78 is 11.0. The van der Waals surface area contributed by atoms with Crippen molar-refractivity contribution in [2.75, 3.05) is 34.4 Å². The lowest BCUT2D eigenvalue weighted by Crippen LogP contribution is -2.45. The van der Waals surface area contributed by atoms with Crippen LogP contribution in [0, 0.1) is 12.8 Å². The van der Waals surface area contributed by atoms with E-state index in [2.05, 4.69) is 10.2 Å². The molecule has 1 fully saturated rings. The number of aromatic hydroxyl groups is 1. The van der Waals surface area contributed by atoms with Gasteiger partial charge in [0.25, 0.3) is 5.91 Å². The Bertz CT molecular complexity index is 1390. The monoisotopic (exact) mass is 579 g/mol. The van der Waals surface area contributed by atoms with Crippen LogP contribution in [0.2, 0.25) is 5.02 Å². The van der Waals surface area contributed by atoms with E-state index in [1.54, 1.807) is 24.3 Å². The van der Waals surface area contributed by atoms with E-state index in [1.165, 1.54) is 7.11 Å². The summed E-state index contributed by atoms with van der Waals surface area (Å²) >= 11 is 6.48. The van der Waals surface area contributed by atoms with Crippen LogP contribution in [0.3, 0.4) is 0 Å². The molecule has 0 bridgehead atoms. The average molecular weight is 580 g/mol. The third-order valence-electron chi connectivity index (χ3n) is 7.43. The zero-order chi connectivity index (χ0) is 29.5. The van der Waals surface area contributed by atoms with Crippen molar-refractivity contribution in [3.05, 3.63) is 64.8 Å². The van der Waals surface area contributed by atoms with Gasteiger partial charge in [-0.1, -0.05) is 36.6 Å². The summed E-state index contributed by atoms with van der Waals surface area (Å²) in [5.74, 6) is -0.323. The normalized spacial score (nSPS) is 16.8. The second-order valence-electron chi connectivity index (χ2n) is 10.7. The number of halogens is 1. The minimum Gasteiger partial charge on any atom is -0.508 e. The largest absolute Gasteiger partial charge is 0.508 e. The van der Waals surface area contributed by atoms with E-state index >= 15 is 0 Å². The quantitative estimate of drug-likeness (QED) is 0.229. The van der Waals surface area contributed by atoms with Gasteiger partial charge in [0.1, 0.15) is 17.2 Å². The number of esters is 1. The van der Waals surface area contributed by atoms with Crippen molar-refractivity contribution in [2.45, 2.75) is 45.1 Å². The molecule has 1 heterocycles. The van der Waals surface area contributed by atoms with E-state index in [4.69, 9.17) is 26.1 Å². The van der Waals surface area contributed by atoms with Gasteiger partial charge in [-0.25, -0.2) is 4.98 Å². The smallest absolute Gasteiger partial charge is 0.310 e. The molecule has 1 amide bonds. The molecule has 4 rings (SSSR count). The van der Waals surface area contributed by atoms with Crippen molar-refractivity contribution in [3.8, 4) is 33.9 Å². The second kappa shape index (κ2) is 13.8. The summed E-state index contributed by atoms with van der Waals surface area (Å²) in [6.45, 7) is 3.30. The number of aryl methyl sites for hydroxylation is 1. The number of benzene rings is 2. The molecule has 218 valence electrons. The zero-order valence-electron chi connectivity index (χ0n) is 24.1. The molecular weight excluding hydrogens is 542 g/mol. The van der Waals surface area contributed by atoms with Gasteiger partial charge in [0.05, 0.1) is 30.4 Å². The Hall–Kier alpha value is -3.62. The molecule has 9 heteroatoms. The minimum absolute atomic E-state index is 0.171. The number of nitrogens with zero attached hydrogens (tertiary/aromatic N) is 2. The Morgan fingerprint density at radius 2 is 1.83 bits per heavy atom. The minimum atomic E-state index is -0.375. The van der Waals surface area contributed by atoms with Crippen LogP contribution in [0.25, 0.3) is 22.4 Å². The highest BCUT2D eigenvalue weighted by molar-refractivity contribution is 6.32. The van der Waals surface area contributed by atoms with Gasteiger partial charge < -0.3 is 24.8 Å². The van der Waals surface area contributed by atoms with Crippen molar-refractivity contribution >= 4 is 23.5 Å². The number of hydrogen-bond donors (Lipinski definition) is 2. The van der Waals surface area contributed by atoms with Gasteiger partial charge in [0.15, 0.2) is 0 Å². The van der Waals surface area contributed by atoms with E-state index in [9.17, 15) is 14.7 Å². The predicted octanol–water partition coefficient (Wildman–Crippen LogP) is 5.88. The third-order valence-corrected chi connectivity index (χ3v) is 7.74. The number of phenolic OH excluding ortho intramolecular Hbond substituents is 1. The van der Waals surface area contributed by atoms with E-state index < -0.39 is 0 Å². The Morgan fingerprint density at radius 3 is 2.56 bits per heavy atom. The van der Waals surface area contributed by atoms with Crippen molar-refractivity contribution in [2.24, 2.45) is 5.92 Å². The fourth-order valence-corrected chi connectivity index (χ4v) is 5.45. The number of methoxy groups -OCH3 is 1. The highest BCUT2D eigenvalue weighted by atomic mass is 35.5. The van der Waals surface area contributed by atoms with Crippen LogP contribution in [0.1, 0.15) is 48.2 Å². The Morgan fingerprint density at radius 1 is 1.07 bits per heavy atom. The number of amides is 1. The SMILES string of the molecule is COC(=O)C1CCCCC1NC(=O)c1ccc(-c2ccc(O)cc2C)c(-c2ccc(Cl)c(OCCCN(C)C)c2)n1. The van der Waals surface area contributed by atoms with Crippen molar-refractivity contribution in [1.29, 1.82) is 0 Å². The number of nitrogens with one attached hydrogen (secondary N) is 1. The van der Waals surface area contributed by atoms with Gasteiger partial charge in [-0.15, -0.1) is 0 Å². The molecule has 2 atom stereocenters. The van der Waals surface area contributed by atoms with Crippen LogP contribution in [0.5, 0.6) is 11.5 Å². The number of rotatable bonds is 10. The van der Waals surface area contributed by atoms with Gasteiger partial charge in [0, 0.05) is 23.7 Å². The molecule has 8 nitrogen and oxygen atoms in total. The number of hydrogen-bond acceptors (Lipinski definition) is 7. The maximum absolute atomic E-state index is 13.5. The Kier molecular flexibility index (Phi) is 10.2. The zero-order valence-corrected chi connectivity index (χ0v) is 24.8. The molecule has 1 saturated carbocycles. The number of pyridine rings is 1. The lowest BCUT2D eigenvalue weighted by molar-refractivity contribution is -0.147. The highest BCUT2D eigenvalue weighted by Gasteiger charge is 2.33. The topological polar surface area (TPSA) is 101 Å². The maximum atomic E-state index is 13.5. The van der Waals surface area contributed by atoms with Crippen molar-refractivity contribution in [1.82, 2.24) is 15.2 Å². The summed E-state index contributed by atoms with van der Waals surface area (Å²) in [7, 11) is 5.40. The van der Waals surface area contributed by atoms with Crippen LogP contribution in [0.4, 0.5) is 0 Å². The van der Waals surface area contributed by atoms with E-state index in [1.807, 2.05) is 45.3 Å². The second-order valence-corrected chi connectivity index (χ2v) is 11.1. The molecule has 1 aromatic heterocycles. The number of aromatic nitrogens is 1. The van der Waals surface area contributed by atoms with Crippen LogP contribution >= 0.6 is 11.6 Å². The van der Waals surface area contributed by atoms with Crippen LogP contribution in [-0.2, 0) is 9.53 Å². The van der Waals surface area contributed by atoms with Gasteiger partial charge >= 0.3 is 5.97 Å². The fourth-order valence-electron chi connectivity index (χ4n) is 5.28. The molecule has 41 heavy (non-hydrogen) atoms. The number of carbonyl (C=O) groups is 2. The molecular formula is C32H38ClN3O5. The maximum Gasteiger partial charge on any atom is 0.310 e. The predicted molar refractivity (Wildman–Crippen MR) is 160 cm³/mol. The summed E-state index contributed by atoms with van der Waals surface area (Å²) in [6, 6.07) is 13.9. The van der Waals surface area contributed by atoms with Gasteiger partial charge in [0.2, 0.25) is 0 Å². The highest BCUT2D eigenvalue weighted by Crippen LogP contribution is 2.37. The molecule has 1 aliphatic rings. The Labute approximate surface area is 246 Å². The number of phenols is 1. The number of carbonyl (C=O) groups excluding carboxylic acids is 2. The first kappa shape index (κ1) is 30.3. The van der Waals surface area contributed by atoms with E-state index in [0.717, 1.165) is 48.1 Å². The van der Waals surface area contributed by atoms with Crippen molar-refractivity contribution < 1.29 is 24.2 Å². The lowest BCUT2D eigenvalue weighted by Gasteiger charge is -2.30. The third kappa shape index (κ3) is 7.57. The standard InChI is InChI=1S/C32H38ClN3O5/c1-20-18-22(37)11-12-23(20)24-13-15-28(31(38)35-27-9-6-5-8-25(27)32(39)40-4)34-30(24)21-10-14-26(33)29(19-21)41-17-7-16-36(2)3/h10-15,18-19,25,27,37H,5-9,16-17H2,1-4H3,(H,35,38). The molecule has 0 radical (unpaired) electrons. The molecule has 2 unspecified atom stereocenters. The fraction of sp³-hybridized carbons (Fsp3) is 0.406. The summed E-state index contributed by atoms with van der Waals surface area (Å²) in [5, 5.41) is 13.5. The molecule has 2 N–H and O–H groups in total. The molecule has 0 spiro atoms. The van der Waals surface area contributed by atoms with Crippen LogP contribution < -0.4 is 10.1 Å².